The second kappa shape index (κ2) is 25.2. The SMILES string of the molecule is C=CCNC.C=CO/C(=C\C)COC(=O)CNC(=O)NC(C(=O)N1CCCC1C(=O)NC(CCC)C(=O)C=O)C(C)(C)C.CCC. The standard InChI is InChI=1S/C26H40N4O8.C4H9N.C3H8/c1-7-11-18(20(32)15-31)28-23(34)19-12-10-13-30(19)24(35)22(26(4,5)6)29-25(36)27-14-21(33)38-16-17(8-2)37-9-3;1-3-4-5-2;1-3-2/h8-9,15,18-19,22H,3,7,10-14,16H2,1-2,4-6H3,(H,28,34)(H2,27,29,36);3,5H,1,4H2,2H3;3H2,1-2H3/b17-8-;;. The molecule has 4 N–H and O–H groups in total. The van der Waals surface area contributed by atoms with E-state index in [-0.39, 0.29) is 12.9 Å². The van der Waals surface area contributed by atoms with Crippen LogP contribution in [-0.2, 0) is 33.4 Å². The number of ether oxygens (including phenoxy) is 2. The summed E-state index contributed by atoms with van der Waals surface area (Å²) in [6, 6.07) is -3.57. The quantitative estimate of drug-likeness (QED) is 0.0643. The molecule has 3 unspecified atom stereocenters. The molecule has 0 aromatic heterocycles. The number of rotatable bonds is 16. The van der Waals surface area contributed by atoms with Gasteiger partial charge in [-0.05, 0) is 44.7 Å². The number of aldehydes is 1. The van der Waals surface area contributed by atoms with Gasteiger partial charge >= 0.3 is 12.0 Å². The van der Waals surface area contributed by atoms with Gasteiger partial charge in [-0.3, -0.25) is 24.0 Å². The zero-order valence-electron chi connectivity index (χ0n) is 29.0. The predicted octanol–water partition coefficient (Wildman–Crippen LogP) is 3.16. The third kappa shape index (κ3) is 18.1. The summed E-state index contributed by atoms with van der Waals surface area (Å²) in [6.45, 7) is 20.6. The lowest BCUT2D eigenvalue weighted by atomic mass is 9.85. The first-order valence-electron chi connectivity index (χ1n) is 15.7. The van der Waals surface area contributed by atoms with E-state index in [1.54, 1.807) is 33.8 Å². The lowest BCUT2D eigenvalue weighted by Gasteiger charge is -2.35. The third-order valence-electron chi connectivity index (χ3n) is 6.25. The number of nitrogens with one attached hydrogen (secondary N) is 4. The summed E-state index contributed by atoms with van der Waals surface area (Å²) >= 11 is 0. The Kier molecular flexibility index (Phi) is 24.2. The highest BCUT2D eigenvalue weighted by Crippen LogP contribution is 2.26. The lowest BCUT2D eigenvalue weighted by Crippen LogP contribution is -2.60. The summed E-state index contributed by atoms with van der Waals surface area (Å²) in [5, 5.41) is 10.5. The van der Waals surface area contributed by atoms with E-state index in [2.05, 4.69) is 48.3 Å². The van der Waals surface area contributed by atoms with Crippen LogP contribution in [0.2, 0.25) is 0 Å². The highest BCUT2D eigenvalue weighted by Gasteiger charge is 2.42. The molecule has 1 fully saturated rings. The minimum atomic E-state index is -1.02. The summed E-state index contributed by atoms with van der Waals surface area (Å²) in [5.41, 5.74) is -0.736. The van der Waals surface area contributed by atoms with Gasteiger partial charge in [0.1, 0.15) is 31.0 Å². The molecular formula is C33H57N5O8. The van der Waals surface area contributed by atoms with Gasteiger partial charge in [0.2, 0.25) is 17.6 Å². The van der Waals surface area contributed by atoms with Crippen LogP contribution in [-0.4, -0.2) is 92.2 Å². The predicted molar refractivity (Wildman–Crippen MR) is 179 cm³/mol. The van der Waals surface area contributed by atoms with Crippen molar-refractivity contribution in [3.05, 3.63) is 37.3 Å². The Hall–Kier alpha value is -4.00. The number of carbonyl (C=O) groups excluding carboxylic acids is 6. The number of nitrogens with zero attached hydrogens (tertiary/aromatic N) is 1. The van der Waals surface area contributed by atoms with Gasteiger partial charge in [-0.1, -0.05) is 67.0 Å². The molecule has 13 heteroatoms. The summed E-state index contributed by atoms with van der Waals surface area (Å²) in [6.07, 6.45) is 7.87. The fraction of sp³-hybridized carbons (Fsp3) is 0.636. The zero-order chi connectivity index (χ0) is 35.7. The Morgan fingerprint density at radius 3 is 2.15 bits per heavy atom. The van der Waals surface area contributed by atoms with Crippen LogP contribution in [0.5, 0.6) is 0 Å². The molecule has 0 bridgehead atoms. The van der Waals surface area contributed by atoms with Gasteiger partial charge in [0, 0.05) is 13.1 Å². The maximum atomic E-state index is 13.5. The molecule has 46 heavy (non-hydrogen) atoms. The molecule has 1 rings (SSSR count). The monoisotopic (exact) mass is 651 g/mol. The fourth-order valence-corrected chi connectivity index (χ4v) is 4.02. The van der Waals surface area contributed by atoms with Crippen molar-refractivity contribution in [1.82, 2.24) is 26.2 Å². The molecule has 4 amide bonds. The van der Waals surface area contributed by atoms with Gasteiger partial charge in [-0.15, -0.1) is 6.58 Å². The molecule has 0 saturated carbocycles. The Morgan fingerprint density at radius 1 is 1.07 bits per heavy atom. The van der Waals surface area contributed by atoms with Crippen molar-refractivity contribution in [2.45, 2.75) is 98.7 Å². The minimum Gasteiger partial charge on any atom is -0.467 e. The van der Waals surface area contributed by atoms with Gasteiger partial charge < -0.3 is 35.6 Å². The number of carbonyl (C=O) groups is 6. The highest BCUT2D eigenvalue weighted by molar-refractivity contribution is 6.28. The van der Waals surface area contributed by atoms with E-state index in [1.165, 1.54) is 17.6 Å². The maximum absolute atomic E-state index is 13.5. The van der Waals surface area contributed by atoms with Crippen molar-refractivity contribution in [1.29, 1.82) is 0 Å². The molecule has 1 saturated heterocycles. The van der Waals surface area contributed by atoms with Gasteiger partial charge in [0.25, 0.3) is 0 Å². The first-order chi connectivity index (χ1) is 21.7. The summed E-state index contributed by atoms with van der Waals surface area (Å²) in [4.78, 5) is 75.2. The topological polar surface area (TPSA) is 172 Å². The van der Waals surface area contributed by atoms with E-state index in [1.807, 2.05) is 20.0 Å². The van der Waals surface area contributed by atoms with Crippen LogP contribution >= 0.6 is 0 Å². The molecule has 262 valence electrons. The van der Waals surface area contributed by atoms with E-state index in [0.717, 1.165) is 6.54 Å². The minimum absolute atomic E-state index is 0.135. The number of Topliss-reactive ketones (excluding diaryl/α,β-unsaturated/α-hetero) is 1. The van der Waals surface area contributed by atoms with Crippen LogP contribution in [0.4, 0.5) is 4.79 Å². The van der Waals surface area contributed by atoms with Crippen molar-refractivity contribution in [3.63, 3.8) is 0 Å². The number of ketones is 1. The van der Waals surface area contributed by atoms with E-state index in [4.69, 9.17) is 9.47 Å². The number of urea groups is 1. The molecule has 0 radical (unpaired) electrons. The largest absolute Gasteiger partial charge is 0.467 e. The number of likely N-dealkylation sites (tertiary alicyclic amines) is 1. The summed E-state index contributed by atoms with van der Waals surface area (Å²) in [5.74, 6) is -2.06. The van der Waals surface area contributed by atoms with E-state index < -0.39 is 59.7 Å². The Balaban J connectivity index is 0. The molecule has 3 atom stereocenters. The molecule has 0 aromatic rings. The summed E-state index contributed by atoms with van der Waals surface area (Å²) in [7, 11) is 1.89. The average molecular weight is 652 g/mol. The number of amides is 4. The molecule has 0 spiro atoms. The number of allylic oxidation sites excluding steroid dienone is 1. The van der Waals surface area contributed by atoms with Crippen molar-refractivity contribution < 1.29 is 38.2 Å². The molecule has 1 heterocycles. The molecule has 0 aromatic carbocycles. The molecule has 13 nitrogen and oxygen atoms in total. The molecule has 0 aliphatic carbocycles. The van der Waals surface area contributed by atoms with Gasteiger partial charge in [0.05, 0.1) is 12.3 Å². The van der Waals surface area contributed by atoms with Crippen LogP contribution in [0.1, 0.15) is 80.6 Å². The van der Waals surface area contributed by atoms with Crippen molar-refractivity contribution >= 4 is 35.9 Å². The van der Waals surface area contributed by atoms with E-state index >= 15 is 0 Å². The van der Waals surface area contributed by atoms with Gasteiger partial charge in [-0.2, -0.15) is 0 Å². The van der Waals surface area contributed by atoms with Crippen LogP contribution < -0.4 is 21.3 Å². The maximum Gasteiger partial charge on any atom is 0.325 e. The number of esters is 1. The Labute approximate surface area is 275 Å². The number of hydrogen-bond acceptors (Lipinski definition) is 9. The van der Waals surface area contributed by atoms with Crippen molar-refractivity contribution in [2.24, 2.45) is 5.41 Å². The summed E-state index contributed by atoms with van der Waals surface area (Å²) < 4.78 is 10.1. The first kappa shape index (κ1) is 44.1. The Bertz CT molecular complexity index is 1020. The highest BCUT2D eigenvalue weighted by atomic mass is 16.6. The first-order valence-corrected chi connectivity index (χ1v) is 15.7. The van der Waals surface area contributed by atoms with Crippen LogP contribution in [0, 0.1) is 5.41 Å². The van der Waals surface area contributed by atoms with Gasteiger partial charge in [0.15, 0.2) is 6.29 Å². The second-order valence-corrected chi connectivity index (χ2v) is 11.4. The normalized spacial score (nSPS) is 15.3. The van der Waals surface area contributed by atoms with Crippen molar-refractivity contribution in [2.75, 3.05) is 33.3 Å². The molecular weight excluding hydrogens is 594 g/mol. The molecule has 1 aliphatic rings. The van der Waals surface area contributed by atoms with Crippen LogP contribution in [0.3, 0.4) is 0 Å². The molecule has 1 aliphatic heterocycles. The van der Waals surface area contributed by atoms with Crippen molar-refractivity contribution in [3.8, 4) is 0 Å². The third-order valence-corrected chi connectivity index (χ3v) is 6.25. The fourth-order valence-electron chi connectivity index (χ4n) is 4.02. The second-order valence-electron chi connectivity index (χ2n) is 11.4. The Morgan fingerprint density at radius 2 is 1.70 bits per heavy atom. The van der Waals surface area contributed by atoms with Crippen LogP contribution in [0.15, 0.2) is 37.3 Å². The lowest BCUT2D eigenvalue weighted by molar-refractivity contribution is -0.142. The number of likely N-dealkylation sites (N-methyl/N-ethyl adjacent to an activating group) is 1. The van der Waals surface area contributed by atoms with E-state index in [0.29, 0.717) is 38.0 Å². The van der Waals surface area contributed by atoms with Gasteiger partial charge in [-0.25, -0.2) is 4.79 Å². The van der Waals surface area contributed by atoms with E-state index in [9.17, 15) is 28.8 Å². The zero-order valence-corrected chi connectivity index (χ0v) is 29.0. The number of hydrogen-bond donors (Lipinski definition) is 4. The average Bonchev–Trinajstić information content (AvgIpc) is 3.51. The van der Waals surface area contributed by atoms with Crippen LogP contribution in [0.25, 0.3) is 0 Å². The smallest absolute Gasteiger partial charge is 0.325 e.